The summed E-state index contributed by atoms with van der Waals surface area (Å²) in [6, 6.07) is -0.598. The summed E-state index contributed by atoms with van der Waals surface area (Å²) < 4.78 is 1.54. The largest absolute Gasteiger partial charge is 0.383 e. The number of Topliss-reactive ketones (excluding diaryl/α,β-unsaturated/α-hetero) is 1. The SMILES string of the molecule is Cl.N[C@H]1c2c(Br)sc(Br)c2C(=O)[C@H]1O. The van der Waals surface area contributed by atoms with Crippen LogP contribution in [0.25, 0.3) is 0 Å². The van der Waals surface area contributed by atoms with Gasteiger partial charge in [-0.2, -0.15) is 0 Å². The lowest BCUT2D eigenvalue weighted by Crippen LogP contribution is -2.25. The van der Waals surface area contributed by atoms with E-state index >= 15 is 0 Å². The van der Waals surface area contributed by atoms with Crippen LogP contribution < -0.4 is 5.73 Å². The molecule has 7 heteroatoms. The summed E-state index contributed by atoms with van der Waals surface area (Å²) in [7, 11) is 0. The Kier molecular flexibility index (Phi) is 3.77. The highest BCUT2D eigenvalue weighted by Gasteiger charge is 2.40. The van der Waals surface area contributed by atoms with E-state index in [9.17, 15) is 9.90 Å². The van der Waals surface area contributed by atoms with Gasteiger partial charge in [-0.05, 0) is 31.9 Å². The van der Waals surface area contributed by atoms with Crippen molar-refractivity contribution in [3.8, 4) is 0 Å². The lowest BCUT2D eigenvalue weighted by atomic mass is 10.2. The van der Waals surface area contributed by atoms with Crippen molar-refractivity contribution in [1.82, 2.24) is 0 Å². The maximum absolute atomic E-state index is 11.5. The van der Waals surface area contributed by atoms with Gasteiger partial charge in [0, 0.05) is 5.56 Å². The van der Waals surface area contributed by atoms with E-state index in [1.165, 1.54) is 11.3 Å². The molecule has 0 aliphatic heterocycles. The summed E-state index contributed by atoms with van der Waals surface area (Å²) in [4.78, 5) is 11.5. The van der Waals surface area contributed by atoms with E-state index < -0.39 is 12.1 Å². The van der Waals surface area contributed by atoms with Gasteiger partial charge in [0.1, 0.15) is 6.10 Å². The van der Waals surface area contributed by atoms with E-state index in [-0.39, 0.29) is 18.2 Å². The molecule has 1 aliphatic carbocycles. The Hall–Kier alpha value is 0.540. The van der Waals surface area contributed by atoms with E-state index in [0.717, 1.165) is 13.1 Å². The molecule has 0 aromatic carbocycles. The maximum atomic E-state index is 11.5. The molecule has 0 fully saturated rings. The number of aliphatic hydroxyl groups is 1. The van der Waals surface area contributed by atoms with Crippen LogP contribution in [0.5, 0.6) is 0 Å². The van der Waals surface area contributed by atoms with Crippen molar-refractivity contribution in [1.29, 1.82) is 0 Å². The second-order valence-corrected chi connectivity index (χ2v) is 6.43. The van der Waals surface area contributed by atoms with Gasteiger partial charge in [-0.3, -0.25) is 4.79 Å². The average Bonchev–Trinajstić information content (AvgIpc) is 2.47. The molecule has 3 nitrogen and oxygen atoms in total. The molecule has 2 rings (SSSR count). The Balaban J connectivity index is 0.000000980. The van der Waals surface area contributed by atoms with Crippen molar-refractivity contribution >= 4 is 61.4 Å². The third-order valence-corrected chi connectivity index (χ3v) is 4.62. The number of rotatable bonds is 0. The van der Waals surface area contributed by atoms with Crippen molar-refractivity contribution in [2.45, 2.75) is 12.1 Å². The smallest absolute Gasteiger partial charge is 0.195 e. The van der Waals surface area contributed by atoms with Crippen molar-refractivity contribution in [3.05, 3.63) is 18.7 Å². The van der Waals surface area contributed by atoms with E-state index in [0.29, 0.717) is 5.56 Å². The van der Waals surface area contributed by atoms with Crippen LogP contribution in [0, 0.1) is 0 Å². The van der Waals surface area contributed by atoms with E-state index in [2.05, 4.69) is 31.9 Å². The quantitative estimate of drug-likeness (QED) is 0.743. The normalized spacial score (nSPS) is 24.7. The van der Waals surface area contributed by atoms with E-state index in [1.54, 1.807) is 0 Å². The number of hydrogen-bond donors (Lipinski definition) is 2. The molecule has 1 aliphatic rings. The summed E-state index contributed by atoms with van der Waals surface area (Å²) in [5.74, 6) is -0.295. The highest BCUT2D eigenvalue weighted by molar-refractivity contribution is 9.12. The van der Waals surface area contributed by atoms with Crippen LogP contribution in [0.4, 0.5) is 0 Å². The molecule has 0 unspecified atom stereocenters. The monoisotopic (exact) mass is 361 g/mol. The Labute approximate surface area is 107 Å². The fourth-order valence-electron chi connectivity index (χ4n) is 1.38. The van der Waals surface area contributed by atoms with Gasteiger partial charge in [-0.25, -0.2) is 0 Å². The zero-order valence-corrected chi connectivity index (χ0v) is 11.5. The van der Waals surface area contributed by atoms with Gasteiger partial charge in [0.2, 0.25) is 0 Å². The predicted octanol–water partition coefficient (Wildman–Crippen LogP) is 2.25. The highest BCUT2D eigenvalue weighted by atomic mass is 79.9. The minimum absolute atomic E-state index is 0. The van der Waals surface area contributed by atoms with Gasteiger partial charge < -0.3 is 10.8 Å². The number of thiophene rings is 1. The van der Waals surface area contributed by atoms with Crippen LogP contribution in [-0.2, 0) is 0 Å². The molecule has 1 aromatic heterocycles. The number of aliphatic hydroxyl groups excluding tert-OH is 1. The van der Waals surface area contributed by atoms with Crippen LogP contribution in [0.15, 0.2) is 7.57 Å². The van der Waals surface area contributed by atoms with Crippen LogP contribution in [0.2, 0.25) is 0 Å². The lowest BCUT2D eigenvalue weighted by Gasteiger charge is -2.07. The van der Waals surface area contributed by atoms with Crippen LogP contribution in [0.3, 0.4) is 0 Å². The molecule has 0 bridgehead atoms. The molecular formula is C7H6Br2ClNO2S. The summed E-state index contributed by atoms with van der Waals surface area (Å²) in [5, 5.41) is 9.41. The topological polar surface area (TPSA) is 63.3 Å². The fraction of sp³-hybridized carbons (Fsp3) is 0.286. The van der Waals surface area contributed by atoms with Crippen LogP contribution in [0.1, 0.15) is 22.0 Å². The Bertz CT molecular complexity index is 395. The first-order chi connectivity index (χ1) is 6.04. The number of carbonyl (C=O) groups excluding carboxylic acids is 1. The zero-order valence-electron chi connectivity index (χ0n) is 6.66. The van der Waals surface area contributed by atoms with Crippen LogP contribution in [-0.4, -0.2) is 17.0 Å². The molecule has 0 saturated carbocycles. The van der Waals surface area contributed by atoms with Gasteiger partial charge >= 0.3 is 0 Å². The average molecular weight is 363 g/mol. The molecule has 0 amide bonds. The predicted molar refractivity (Wildman–Crippen MR) is 64.2 cm³/mol. The third-order valence-electron chi connectivity index (χ3n) is 2.05. The molecule has 0 saturated heterocycles. The molecule has 1 heterocycles. The van der Waals surface area contributed by atoms with Gasteiger partial charge in [-0.15, -0.1) is 23.7 Å². The van der Waals surface area contributed by atoms with E-state index in [4.69, 9.17) is 5.73 Å². The number of nitrogens with two attached hydrogens (primary N) is 1. The number of halogens is 3. The van der Waals surface area contributed by atoms with Gasteiger partial charge in [0.15, 0.2) is 5.78 Å². The lowest BCUT2D eigenvalue weighted by molar-refractivity contribution is 0.0735. The minimum atomic E-state index is -1.09. The first-order valence-electron chi connectivity index (χ1n) is 3.49. The van der Waals surface area contributed by atoms with Crippen molar-refractivity contribution in [3.63, 3.8) is 0 Å². The summed E-state index contributed by atoms with van der Waals surface area (Å²) in [6.45, 7) is 0. The number of hydrogen-bond acceptors (Lipinski definition) is 4. The first kappa shape index (κ1) is 12.6. The van der Waals surface area contributed by atoms with Crippen molar-refractivity contribution in [2.75, 3.05) is 0 Å². The molecule has 0 radical (unpaired) electrons. The van der Waals surface area contributed by atoms with E-state index in [1.807, 2.05) is 0 Å². The molecule has 0 spiro atoms. The third kappa shape index (κ3) is 1.58. The number of fused-ring (bicyclic) bond motifs is 1. The molecule has 78 valence electrons. The van der Waals surface area contributed by atoms with Crippen LogP contribution >= 0.6 is 55.6 Å². The molecule has 14 heavy (non-hydrogen) atoms. The Morgan fingerprint density at radius 1 is 1.36 bits per heavy atom. The molecule has 2 atom stereocenters. The minimum Gasteiger partial charge on any atom is -0.383 e. The Morgan fingerprint density at radius 3 is 2.43 bits per heavy atom. The summed E-state index contributed by atoms with van der Waals surface area (Å²) in [6.07, 6.45) is -1.09. The molecular weight excluding hydrogens is 357 g/mol. The second kappa shape index (κ2) is 4.19. The maximum Gasteiger partial charge on any atom is 0.195 e. The molecule has 3 N–H and O–H groups in total. The summed E-state index contributed by atoms with van der Waals surface area (Å²) >= 11 is 7.98. The second-order valence-electron chi connectivity index (χ2n) is 2.77. The Morgan fingerprint density at radius 2 is 1.93 bits per heavy atom. The fourth-order valence-corrected chi connectivity index (χ4v) is 4.70. The van der Waals surface area contributed by atoms with Gasteiger partial charge in [-0.1, -0.05) is 0 Å². The summed E-state index contributed by atoms with van der Waals surface area (Å²) in [5.41, 5.74) is 6.92. The zero-order chi connectivity index (χ0) is 9.75. The standard InChI is InChI=1S/C7H5Br2NO2S.ClH/c8-6-1-2(7(9)13-6)4(11)5(12)3(1)10;/h3,5,12H,10H2;1H/t3-,5-;/m0./s1. The van der Waals surface area contributed by atoms with Crippen molar-refractivity contribution in [2.24, 2.45) is 5.73 Å². The van der Waals surface area contributed by atoms with Crippen molar-refractivity contribution < 1.29 is 9.90 Å². The first-order valence-corrected chi connectivity index (χ1v) is 5.90. The van der Waals surface area contributed by atoms with Gasteiger partial charge in [0.05, 0.1) is 19.2 Å². The number of ketones is 1. The van der Waals surface area contributed by atoms with Gasteiger partial charge in [0.25, 0.3) is 0 Å². The molecule has 1 aromatic rings. The highest BCUT2D eigenvalue weighted by Crippen LogP contribution is 2.45. The number of carbonyl (C=O) groups is 1.